The maximum atomic E-state index is 2.61. The van der Waals surface area contributed by atoms with E-state index in [2.05, 4.69) is 258 Å². The van der Waals surface area contributed by atoms with Crippen molar-refractivity contribution in [3.8, 4) is 33.4 Å². The molecule has 13 rings (SSSR count). The third-order valence-electron chi connectivity index (χ3n) is 15.8. The second-order valence-electron chi connectivity index (χ2n) is 20.5. The SMILES string of the molecule is CC1(C)c2ccccc2-c2ccc(N(c3ccc4c(c3)C(C)(C)c3ccccc3-4)c3ccc4ccccc4c3N3c4ccccc4C(C)(C)c4c(-c5cccc6ccccc56)cccc43)cc21. The van der Waals surface area contributed by atoms with Gasteiger partial charge in [-0.25, -0.2) is 0 Å². The zero-order valence-electron chi connectivity index (χ0n) is 39.0. The lowest BCUT2D eigenvalue weighted by Crippen LogP contribution is -2.32. The second kappa shape index (κ2) is 14.2. The first-order valence-electron chi connectivity index (χ1n) is 23.9. The van der Waals surface area contributed by atoms with Gasteiger partial charge in [-0.3, -0.25) is 0 Å². The fraction of sp³-hybridized carbons (Fsp3) is 0.138. The minimum atomic E-state index is -0.318. The number of anilines is 6. The molecule has 1 aliphatic heterocycles. The van der Waals surface area contributed by atoms with Gasteiger partial charge in [-0.15, -0.1) is 0 Å². The number of benzene rings is 10. The molecule has 10 aromatic carbocycles. The highest BCUT2D eigenvalue weighted by Gasteiger charge is 2.42. The number of hydrogen-bond acceptors (Lipinski definition) is 2. The number of rotatable bonds is 5. The second-order valence-corrected chi connectivity index (χ2v) is 20.5. The molecular formula is C65H52N2. The van der Waals surface area contributed by atoms with Gasteiger partial charge in [-0.2, -0.15) is 0 Å². The number of hydrogen-bond donors (Lipinski definition) is 0. The Morgan fingerprint density at radius 2 is 0.791 bits per heavy atom. The minimum Gasteiger partial charge on any atom is -0.308 e. The van der Waals surface area contributed by atoms with Crippen molar-refractivity contribution in [2.75, 3.05) is 9.80 Å². The van der Waals surface area contributed by atoms with Crippen molar-refractivity contribution in [2.24, 2.45) is 0 Å². The minimum absolute atomic E-state index is 0.171. The van der Waals surface area contributed by atoms with Crippen molar-refractivity contribution in [2.45, 2.75) is 57.8 Å². The third-order valence-corrected chi connectivity index (χ3v) is 15.8. The van der Waals surface area contributed by atoms with Crippen molar-refractivity contribution in [3.05, 3.63) is 240 Å². The first-order valence-corrected chi connectivity index (χ1v) is 23.9. The van der Waals surface area contributed by atoms with E-state index < -0.39 is 0 Å². The lowest BCUT2D eigenvalue weighted by molar-refractivity contribution is 0.634. The lowest BCUT2D eigenvalue weighted by Gasteiger charge is -2.44. The van der Waals surface area contributed by atoms with E-state index >= 15 is 0 Å². The molecule has 10 aromatic rings. The summed E-state index contributed by atoms with van der Waals surface area (Å²) in [5.41, 5.74) is 22.2. The number of nitrogens with zero attached hydrogens (tertiary/aromatic N) is 2. The standard InChI is InChI=1S/C65H52N2/c1-63(2)53-28-13-11-24-48(53)50-36-34-43(39-56(50)63)66(44-35-37-51-49-25-12-14-29-54(49)64(3,4)57(51)40-44)60-38-33-42-20-8-10-23-46(42)62(60)67-58-31-16-15-30-55(58)65(5,6)61-52(27-18-32-59(61)67)47-26-17-21-41-19-7-9-22-45(41)47/h7-40H,1-6H3. The molecule has 2 nitrogen and oxygen atoms in total. The molecule has 0 atom stereocenters. The Morgan fingerprint density at radius 1 is 0.328 bits per heavy atom. The Morgan fingerprint density at radius 3 is 1.45 bits per heavy atom. The average Bonchev–Trinajstić information content (AvgIpc) is 3.73. The summed E-state index contributed by atoms with van der Waals surface area (Å²) in [6.45, 7) is 14.4. The fourth-order valence-electron chi connectivity index (χ4n) is 12.5. The van der Waals surface area contributed by atoms with Gasteiger partial charge >= 0.3 is 0 Å². The van der Waals surface area contributed by atoms with E-state index in [0.29, 0.717) is 0 Å². The van der Waals surface area contributed by atoms with Gasteiger partial charge in [0.15, 0.2) is 0 Å². The predicted octanol–water partition coefficient (Wildman–Crippen LogP) is 17.9. The Balaban J connectivity index is 1.12. The molecule has 0 amide bonds. The van der Waals surface area contributed by atoms with E-state index in [-0.39, 0.29) is 16.2 Å². The molecule has 0 unspecified atom stereocenters. The monoisotopic (exact) mass is 860 g/mol. The maximum absolute atomic E-state index is 2.61. The van der Waals surface area contributed by atoms with Crippen LogP contribution in [0.5, 0.6) is 0 Å². The molecule has 0 N–H and O–H groups in total. The molecule has 0 saturated heterocycles. The molecule has 0 spiro atoms. The lowest BCUT2D eigenvalue weighted by atomic mass is 9.70. The van der Waals surface area contributed by atoms with E-state index in [4.69, 9.17) is 0 Å². The number of fused-ring (bicyclic) bond motifs is 10. The van der Waals surface area contributed by atoms with Gasteiger partial charge in [0.1, 0.15) is 0 Å². The van der Waals surface area contributed by atoms with Crippen LogP contribution in [0, 0.1) is 0 Å². The molecule has 2 aliphatic carbocycles. The summed E-state index contributed by atoms with van der Waals surface area (Å²) >= 11 is 0. The number of para-hydroxylation sites is 1. The highest BCUT2D eigenvalue weighted by Crippen LogP contribution is 2.60. The third kappa shape index (κ3) is 5.57. The Labute approximate surface area is 394 Å². The molecule has 3 aliphatic rings. The average molecular weight is 861 g/mol. The zero-order valence-corrected chi connectivity index (χ0v) is 39.0. The van der Waals surface area contributed by atoms with E-state index in [0.717, 1.165) is 22.7 Å². The largest absolute Gasteiger partial charge is 0.308 e. The summed E-state index contributed by atoms with van der Waals surface area (Å²) < 4.78 is 0. The van der Waals surface area contributed by atoms with Crippen LogP contribution in [0.4, 0.5) is 34.1 Å². The van der Waals surface area contributed by atoms with Gasteiger partial charge in [0.25, 0.3) is 0 Å². The van der Waals surface area contributed by atoms with Crippen LogP contribution < -0.4 is 9.80 Å². The highest BCUT2D eigenvalue weighted by atomic mass is 15.2. The fourth-order valence-corrected chi connectivity index (χ4v) is 12.5. The van der Waals surface area contributed by atoms with Crippen LogP contribution >= 0.6 is 0 Å². The van der Waals surface area contributed by atoms with E-state index in [1.54, 1.807) is 0 Å². The van der Waals surface area contributed by atoms with Gasteiger partial charge in [-0.1, -0.05) is 205 Å². The summed E-state index contributed by atoms with van der Waals surface area (Å²) in [6.07, 6.45) is 0. The van der Waals surface area contributed by atoms with E-state index in [1.165, 1.54) is 99.7 Å². The van der Waals surface area contributed by atoms with E-state index in [9.17, 15) is 0 Å². The van der Waals surface area contributed by atoms with Crippen LogP contribution in [-0.4, -0.2) is 0 Å². The van der Waals surface area contributed by atoms with Crippen LogP contribution in [0.3, 0.4) is 0 Å². The predicted molar refractivity (Wildman–Crippen MR) is 284 cm³/mol. The molecule has 0 radical (unpaired) electrons. The molecule has 0 bridgehead atoms. The van der Waals surface area contributed by atoms with Gasteiger partial charge in [0.2, 0.25) is 0 Å². The van der Waals surface area contributed by atoms with Crippen LogP contribution in [-0.2, 0) is 16.2 Å². The van der Waals surface area contributed by atoms with Gasteiger partial charge < -0.3 is 9.80 Å². The van der Waals surface area contributed by atoms with Crippen molar-refractivity contribution in [1.82, 2.24) is 0 Å². The van der Waals surface area contributed by atoms with Crippen molar-refractivity contribution < 1.29 is 0 Å². The molecule has 0 fully saturated rings. The molecule has 0 aromatic heterocycles. The van der Waals surface area contributed by atoms with Crippen molar-refractivity contribution in [3.63, 3.8) is 0 Å². The van der Waals surface area contributed by atoms with Crippen LogP contribution in [0.2, 0.25) is 0 Å². The first-order chi connectivity index (χ1) is 32.5. The first kappa shape index (κ1) is 39.7. The summed E-state index contributed by atoms with van der Waals surface area (Å²) in [4.78, 5) is 5.17. The Kier molecular flexibility index (Phi) is 8.38. The maximum Gasteiger partial charge on any atom is 0.0781 e. The Hall–Kier alpha value is -7.68. The summed E-state index contributed by atoms with van der Waals surface area (Å²) in [5, 5.41) is 4.91. The molecular weight excluding hydrogens is 809 g/mol. The highest BCUT2D eigenvalue weighted by molar-refractivity contribution is 6.10. The molecule has 2 heteroatoms. The van der Waals surface area contributed by atoms with Gasteiger partial charge in [0.05, 0.1) is 22.7 Å². The topological polar surface area (TPSA) is 6.48 Å². The smallest absolute Gasteiger partial charge is 0.0781 e. The van der Waals surface area contributed by atoms with Crippen molar-refractivity contribution >= 4 is 55.7 Å². The summed E-state index contributed by atoms with van der Waals surface area (Å²) in [5.74, 6) is 0. The van der Waals surface area contributed by atoms with E-state index in [1.807, 2.05) is 0 Å². The van der Waals surface area contributed by atoms with Crippen LogP contribution in [0.1, 0.15) is 74.9 Å². The van der Waals surface area contributed by atoms with Crippen LogP contribution in [0.15, 0.2) is 206 Å². The van der Waals surface area contributed by atoms with Gasteiger partial charge in [-0.05, 0) is 125 Å². The zero-order chi connectivity index (χ0) is 45.4. The normalized spacial score (nSPS) is 15.3. The molecule has 67 heavy (non-hydrogen) atoms. The quantitative estimate of drug-likeness (QED) is 0.170. The molecule has 0 saturated carbocycles. The Bertz CT molecular complexity index is 3580. The van der Waals surface area contributed by atoms with Gasteiger partial charge in [0, 0.05) is 33.0 Å². The van der Waals surface area contributed by atoms with Crippen molar-refractivity contribution in [1.29, 1.82) is 0 Å². The molecule has 322 valence electrons. The molecule has 1 heterocycles. The van der Waals surface area contributed by atoms with Crippen LogP contribution in [0.25, 0.3) is 54.9 Å². The summed E-state index contributed by atoms with van der Waals surface area (Å²) in [7, 11) is 0. The summed E-state index contributed by atoms with van der Waals surface area (Å²) in [6, 6.07) is 77.8.